The molecule has 0 saturated heterocycles. The van der Waals surface area contributed by atoms with Crippen molar-refractivity contribution in [3.05, 3.63) is 34.4 Å². The minimum Gasteiger partial charge on any atom is -0.351 e. The van der Waals surface area contributed by atoms with Crippen LogP contribution >= 0.6 is 0 Å². The fourth-order valence-corrected chi connectivity index (χ4v) is 1.14. The zero-order chi connectivity index (χ0) is 13.5. The van der Waals surface area contributed by atoms with Gasteiger partial charge in [0.15, 0.2) is 0 Å². The second kappa shape index (κ2) is 6.33. The van der Waals surface area contributed by atoms with E-state index in [1.165, 1.54) is 19.1 Å². The van der Waals surface area contributed by atoms with Crippen molar-refractivity contribution in [1.29, 1.82) is 0 Å². The van der Waals surface area contributed by atoms with E-state index in [1.54, 1.807) is 19.1 Å². The molecule has 0 unspecified atom stereocenters. The number of amides is 1. The van der Waals surface area contributed by atoms with E-state index in [2.05, 4.69) is 15.8 Å². The van der Waals surface area contributed by atoms with E-state index in [0.29, 0.717) is 17.9 Å². The van der Waals surface area contributed by atoms with Gasteiger partial charge >= 0.3 is 0 Å². The molecule has 0 aliphatic carbocycles. The molecule has 0 aromatic heterocycles. The maximum atomic E-state index is 10.7. The minimum atomic E-state index is -0.473. The monoisotopic (exact) mass is 250 g/mol. The van der Waals surface area contributed by atoms with Crippen LogP contribution in [0.1, 0.15) is 13.8 Å². The molecule has 0 radical (unpaired) electrons. The summed E-state index contributed by atoms with van der Waals surface area (Å²) in [7, 11) is 0. The normalized spacial score (nSPS) is 10.9. The Morgan fingerprint density at radius 3 is 2.78 bits per heavy atom. The Bertz CT molecular complexity index is 485. The smallest absolute Gasteiger partial charge is 0.271 e. The summed E-state index contributed by atoms with van der Waals surface area (Å²) in [5.41, 5.74) is 3.87. The Hall–Kier alpha value is -2.44. The van der Waals surface area contributed by atoms with Crippen molar-refractivity contribution in [3.63, 3.8) is 0 Å². The molecule has 1 amide bonds. The van der Waals surface area contributed by atoms with Gasteiger partial charge in [-0.1, -0.05) is 6.07 Å². The minimum absolute atomic E-state index is 0.00489. The van der Waals surface area contributed by atoms with Crippen molar-refractivity contribution in [2.45, 2.75) is 13.8 Å². The Morgan fingerprint density at radius 1 is 1.44 bits per heavy atom. The summed E-state index contributed by atoms with van der Waals surface area (Å²) in [6.45, 7) is 3.48. The molecule has 7 nitrogen and oxygen atoms in total. The van der Waals surface area contributed by atoms with Gasteiger partial charge in [-0.15, -0.1) is 0 Å². The SMILES string of the molecule is CC(=O)NCC(C)=NNc1cccc([N+](=O)[O-])c1. The first kappa shape index (κ1) is 13.6. The average molecular weight is 250 g/mol. The number of hydrogen-bond donors (Lipinski definition) is 2. The summed E-state index contributed by atoms with van der Waals surface area (Å²) in [6, 6.07) is 6.02. The molecule has 96 valence electrons. The van der Waals surface area contributed by atoms with Crippen LogP contribution in [0.15, 0.2) is 29.4 Å². The molecule has 0 spiro atoms. The van der Waals surface area contributed by atoms with Gasteiger partial charge in [-0.3, -0.25) is 20.3 Å². The van der Waals surface area contributed by atoms with E-state index in [-0.39, 0.29) is 11.6 Å². The molecule has 18 heavy (non-hydrogen) atoms. The summed E-state index contributed by atoms with van der Waals surface area (Å²) in [5, 5.41) is 17.2. The number of benzene rings is 1. The van der Waals surface area contributed by atoms with Crippen LogP contribution in [0.25, 0.3) is 0 Å². The molecule has 0 fully saturated rings. The van der Waals surface area contributed by atoms with Crippen LogP contribution in [0.5, 0.6) is 0 Å². The van der Waals surface area contributed by atoms with Gasteiger partial charge in [0.2, 0.25) is 5.91 Å². The zero-order valence-corrected chi connectivity index (χ0v) is 10.1. The van der Waals surface area contributed by atoms with Crippen LogP contribution in [0.2, 0.25) is 0 Å². The van der Waals surface area contributed by atoms with E-state index in [4.69, 9.17) is 0 Å². The van der Waals surface area contributed by atoms with Gasteiger partial charge in [0.1, 0.15) is 0 Å². The van der Waals surface area contributed by atoms with Gasteiger partial charge in [-0.2, -0.15) is 5.10 Å². The molecule has 1 aromatic rings. The number of anilines is 1. The van der Waals surface area contributed by atoms with Gasteiger partial charge in [0.05, 0.1) is 22.9 Å². The van der Waals surface area contributed by atoms with E-state index in [9.17, 15) is 14.9 Å². The third-order valence-corrected chi connectivity index (χ3v) is 2.03. The van der Waals surface area contributed by atoms with Gasteiger partial charge < -0.3 is 5.32 Å². The van der Waals surface area contributed by atoms with E-state index in [1.807, 2.05) is 0 Å². The quantitative estimate of drug-likeness (QED) is 0.470. The highest BCUT2D eigenvalue weighted by Gasteiger charge is 2.04. The molecule has 0 aliphatic rings. The molecule has 0 heterocycles. The number of non-ortho nitro benzene ring substituents is 1. The van der Waals surface area contributed by atoms with Gasteiger partial charge in [-0.25, -0.2) is 0 Å². The average Bonchev–Trinajstić information content (AvgIpc) is 2.34. The van der Waals surface area contributed by atoms with Crippen molar-refractivity contribution in [3.8, 4) is 0 Å². The number of nitro benzene ring substituents is 1. The molecule has 7 heteroatoms. The van der Waals surface area contributed by atoms with Crippen LogP contribution in [0.4, 0.5) is 11.4 Å². The number of rotatable bonds is 5. The number of hydrazone groups is 1. The van der Waals surface area contributed by atoms with Crippen LogP contribution in [-0.2, 0) is 4.79 Å². The molecule has 0 atom stereocenters. The molecule has 0 aliphatic heterocycles. The van der Waals surface area contributed by atoms with Crippen molar-refractivity contribution >= 4 is 23.0 Å². The Labute approximate surface area is 104 Å². The number of nitro groups is 1. The predicted molar refractivity (Wildman–Crippen MR) is 68.5 cm³/mol. The standard InChI is InChI=1S/C11H14N4O3/c1-8(7-12-9(2)16)13-14-10-4-3-5-11(6-10)15(17)18/h3-6,14H,7H2,1-2H3,(H,12,16). The van der Waals surface area contributed by atoms with Crippen molar-refractivity contribution in [2.75, 3.05) is 12.0 Å². The van der Waals surface area contributed by atoms with E-state index < -0.39 is 4.92 Å². The number of carbonyl (C=O) groups excluding carboxylic acids is 1. The van der Waals surface area contributed by atoms with Crippen LogP contribution in [0.3, 0.4) is 0 Å². The Balaban J connectivity index is 2.62. The van der Waals surface area contributed by atoms with Crippen molar-refractivity contribution in [1.82, 2.24) is 5.32 Å². The highest BCUT2D eigenvalue weighted by atomic mass is 16.6. The summed E-state index contributed by atoms with van der Waals surface area (Å²) in [4.78, 5) is 20.8. The second-order valence-electron chi connectivity index (χ2n) is 3.68. The lowest BCUT2D eigenvalue weighted by Crippen LogP contribution is -2.26. The zero-order valence-electron chi connectivity index (χ0n) is 10.1. The number of nitrogens with zero attached hydrogens (tertiary/aromatic N) is 2. The predicted octanol–water partition coefficient (Wildman–Crippen LogP) is 1.52. The summed E-state index contributed by atoms with van der Waals surface area (Å²) >= 11 is 0. The first-order valence-corrected chi connectivity index (χ1v) is 5.27. The maximum absolute atomic E-state index is 10.7. The summed E-state index contributed by atoms with van der Waals surface area (Å²) in [6.07, 6.45) is 0. The summed E-state index contributed by atoms with van der Waals surface area (Å²) in [5.74, 6) is -0.139. The highest BCUT2D eigenvalue weighted by molar-refractivity contribution is 5.88. The molecular weight excluding hydrogens is 236 g/mol. The maximum Gasteiger partial charge on any atom is 0.271 e. The van der Waals surface area contributed by atoms with Crippen LogP contribution in [0, 0.1) is 10.1 Å². The molecule has 1 aromatic carbocycles. The largest absolute Gasteiger partial charge is 0.351 e. The third-order valence-electron chi connectivity index (χ3n) is 2.03. The second-order valence-corrected chi connectivity index (χ2v) is 3.68. The van der Waals surface area contributed by atoms with Crippen LogP contribution in [-0.4, -0.2) is 23.1 Å². The van der Waals surface area contributed by atoms with Gasteiger partial charge in [0.25, 0.3) is 5.69 Å². The van der Waals surface area contributed by atoms with E-state index in [0.717, 1.165) is 0 Å². The van der Waals surface area contributed by atoms with Crippen LogP contribution < -0.4 is 10.7 Å². The van der Waals surface area contributed by atoms with Crippen molar-refractivity contribution in [2.24, 2.45) is 5.10 Å². The molecule has 1 rings (SSSR count). The van der Waals surface area contributed by atoms with E-state index >= 15 is 0 Å². The first-order valence-electron chi connectivity index (χ1n) is 5.27. The third kappa shape index (κ3) is 4.60. The summed E-state index contributed by atoms with van der Waals surface area (Å²) < 4.78 is 0. The Morgan fingerprint density at radius 2 is 2.17 bits per heavy atom. The fourth-order valence-electron chi connectivity index (χ4n) is 1.14. The molecule has 2 N–H and O–H groups in total. The Kier molecular flexibility index (Phi) is 4.79. The van der Waals surface area contributed by atoms with Crippen molar-refractivity contribution < 1.29 is 9.72 Å². The first-order chi connectivity index (χ1) is 8.49. The number of hydrogen-bond acceptors (Lipinski definition) is 5. The topological polar surface area (TPSA) is 96.6 Å². The lowest BCUT2D eigenvalue weighted by Gasteiger charge is -2.03. The fraction of sp³-hybridized carbons (Fsp3) is 0.273. The van der Waals surface area contributed by atoms with Gasteiger partial charge in [-0.05, 0) is 13.0 Å². The lowest BCUT2D eigenvalue weighted by molar-refractivity contribution is -0.384. The molecular formula is C11H14N4O3. The molecule has 0 bridgehead atoms. The number of nitrogens with one attached hydrogen (secondary N) is 2. The lowest BCUT2D eigenvalue weighted by atomic mass is 10.3. The highest BCUT2D eigenvalue weighted by Crippen LogP contribution is 2.16. The number of carbonyl (C=O) groups is 1. The van der Waals surface area contributed by atoms with Gasteiger partial charge in [0, 0.05) is 19.1 Å². The molecule has 0 saturated carbocycles.